The molecule has 0 aliphatic heterocycles. The van der Waals surface area contributed by atoms with E-state index in [2.05, 4.69) is 67.8 Å². The van der Waals surface area contributed by atoms with Crippen molar-refractivity contribution in [2.45, 2.75) is 405 Å². The highest BCUT2D eigenvalue weighted by Gasteiger charge is 2.20. The third-order valence-corrected chi connectivity index (χ3v) is 16.8. The van der Waals surface area contributed by atoms with Crippen molar-refractivity contribution in [3.05, 3.63) is 48.6 Å². The van der Waals surface area contributed by atoms with Crippen molar-refractivity contribution in [1.82, 2.24) is 5.32 Å². The predicted molar refractivity (Wildman–Crippen MR) is 356 cm³/mol. The molecule has 0 rings (SSSR count). The molecule has 2 unspecified atom stereocenters. The molecular formula is C75H141NO5. The van der Waals surface area contributed by atoms with Gasteiger partial charge in [0.25, 0.3) is 0 Å². The lowest BCUT2D eigenvalue weighted by Gasteiger charge is -2.22. The monoisotopic (exact) mass is 1140 g/mol. The Hall–Kier alpha value is -2.18. The molecule has 0 fully saturated rings. The maximum atomic E-state index is 12.6. The van der Waals surface area contributed by atoms with Gasteiger partial charge in [0.1, 0.15) is 0 Å². The normalized spacial score (nSPS) is 12.8. The number of ether oxygens (including phenoxy) is 1. The number of carbonyl (C=O) groups is 2. The Morgan fingerprint density at radius 1 is 0.346 bits per heavy atom. The fraction of sp³-hybridized carbons (Fsp3) is 0.867. The van der Waals surface area contributed by atoms with E-state index in [0.29, 0.717) is 25.9 Å². The van der Waals surface area contributed by atoms with E-state index >= 15 is 0 Å². The maximum Gasteiger partial charge on any atom is 0.305 e. The quantitative estimate of drug-likeness (QED) is 0.0320. The number of nitrogens with one attached hydrogen (secondary N) is 1. The zero-order valence-electron chi connectivity index (χ0n) is 54.5. The van der Waals surface area contributed by atoms with Crippen LogP contribution in [0.3, 0.4) is 0 Å². The number of hydrogen-bond acceptors (Lipinski definition) is 5. The van der Waals surface area contributed by atoms with Crippen molar-refractivity contribution in [2.24, 2.45) is 0 Å². The lowest BCUT2D eigenvalue weighted by Crippen LogP contribution is -2.45. The first-order chi connectivity index (χ1) is 40.0. The molecule has 0 aromatic heterocycles. The molecular weight excluding hydrogens is 995 g/mol. The molecule has 0 aliphatic carbocycles. The molecule has 476 valence electrons. The maximum absolute atomic E-state index is 12.6. The molecule has 2 atom stereocenters. The first kappa shape index (κ1) is 78.8. The molecule has 1 amide bonds. The number of amides is 1. The Labute approximate surface area is 506 Å². The summed E-state index contributed by atoms with van der Waals surface area (Å²) in [4.78, 5) is 24.6. The van der Waals surface area contributed by atoms with Crippen LogP contribution in [-0.2, 0) is 14.3 Å². The van der Waals surface area contributed by atoms with Gasteiger partial charge in [-0.2, -0.15) is 0 Å². The fourth-order valence-corrected chi connectivity index (χ4v) is 11.3. The van der Waals surface area contributed by atoms with Crippen LogP contribution in [0.25, 0.3) is 0 Å². The first-order valence-electron chi connectivity index (χ1n) is 36.4. The molecule has 0 bridgehead atoms. The average Bonchev–Trinajstić information content (AvgIpc) is 3.47. The van der Waals surface area contributed by atoms with E-state index in [1.165, 1.54) is 302 Å². The second-order valence-corrected chi connectivity index (χ2v) is 24.9. The third kappa shape index (κ3) is 66.8. The van der Waals surface area contributed by atoms with E-state index in [-0.39, 0.29) is 18.5 Å². The summed E-state index contributed by atoms with van der Waals surface area (Å²) < 4.78 is 5.47. The Morgan fingerprint density at radius 2 is 0.642 bits per heavy atom. The first-order valence-corrected chi connectivity index (χ1v) is 36.4. The highest BCUT2D eigenvalue weighted by Crippen LogP contribution is 2.19. The summed E-state index contributed by atoms with van der Waals surface area (Å²) in [6, 6.07) is -0.544. The van der Waals surface area contributed by atoms with Gasteiger partial charge in [0.05, 0.1) is 25.4 Å². The summed E-state index contributed by atoms with van der Waals surface area (Å²) in [6.45, 7) is 4.91. The molecule has 0 saturated heterocycles. The van der Waals surface area contributed by atoms with E-state index in [9.17, 15) is 19.8 Å². The number of esters is 1. The van der Waals surface area contributed by atoms with Crippen LogP contribution in [0.5, 0.6) is 0 Å². The zero-order chi connectivity index (χ0) is 58.5. The Kier molecular flexibility index (Phi) is 68.4. The molecule has 0 heterocycles. The lowest BCUT2D eigenvalue weighted by atomic mass is 10.0. The van der Waals surface area contributed by atoms with E-state index in [0.717, 1.165) is 57.8 Å². The summed E-state index contributed by atoms with van der Waals surface area (Å²) in [5.41, 5.74) is 0. The van der Waals surface area contributed by atoms with Crippen molar-refractivity contribution in [2.75, 3.05) is 13.2 Å². The van der Waals surface area contributed by atoms with Crippen molar-refractivity contribution < 1.29 is 24.5 Å². The van der Waals surface area contributed by atoms with Crippen molar-refractivity contribution in [3.63, 3.8) is 0 Å². The summed E-state index contributed by atoms with van der Waals surface area (Å²) in [7, 11) is 0. The summed E-state index contributed by atoms with van der Waals surface area (Å²) in [6.07, 6.45) is 91.7. The summed E-state index contributed by atoms with van der Waals surface area (Å²) in [5.74, 6) is -0.0353. The molecule has 0 aliphatic rings. The fourth-order valence-electron chi connectivity index (χ4n) is 11.3. The topological polar surface area (TPSA) is 95.9 Å². The van der Waals surface area contributed by atoms with Gasteiger partial charge in [0, 0.05) is 12.8 Å². The predicted octanol–water partition coefficient (Wildman–Crippen LogP) is 23.6. The minimum atomic E-state index is -0.667. The molecule has 0 aromatic carbocycles. The van der Waals surface area contributed by atoms with Gasteiger partial charge in [0.2, 0.25) is 5.91 Å². The Morgan fingerprint density at radius 3 is 0.988 bits per heavy atom. The third-order valence-electron chi connectivity index (χ3n) is 16.8. The van der Waals surface area contributed by atoms with Gasteiger partial charge in [-0.05, 0) is 83.5 Å². The average molecular weight is 1140 g/mol. The van der Waals surface area contributed by atoms with E-state index in [1.54, 1.807) is 0 Å². The highest BCUT2D eigenvalue weighted by atomic mass is 16.5. The smallest absolute Gasteiger partial charge is 0.305 e. The minimum Gasteiger partial charge on any atom is -0.466 e. The Bertz CT molecular complexity index is 1360. The van der Waals surface area contributed by atoms with Crippen LogP contribution in [0.4, 0.5) is 0 Å². The molecule has 0 spiro atoms. The summed E-state index contributed by atoms with van der Waals surface area (Å²) >= 11 is 0. The molecule has 3 N–H and O–H groups in total. The molecule has 0 radical (unpaired) electrons. The molecule has 81 heavy (non-hydrogen) atoms. The minimum absolute atomic E-state index is 0.00318. The number of unbranched alkanes of at least 4 members (excludes halogenated alkanes) is 49. The van der Waals surface area contributed by atoms with Crippen LogP contribution in [-0.4, -0.2) is 47.4 Å². The summed E-state index contributed by atoms with van der Waals surface area (Å²) in [5, 5.41) is 23.4. The molecule has 6 heteroatoms. The van der Waals surface area contributed by atoms with Crippen LogP contribution in [0.15, 0.2) is 48.6 Å². The van der Waals surface area contributed by atoms with Crippen LogP contribution in [0.1, 0.15) is 393 Å². The van der Waals surface area contributed by atoms with Gasteiger partial charge in [-0.3, -0.25) is 9.59 Å². The van der Waals surface area contributed by atoms with Crippen LogP contribution in [0.2, 0.25) is 0 Å². The van der Waals surface area contributed by atoms with E-state index in [4.69, 9.17) is 4.74 Å². The van der Waals surface area contributed by atoms with Gasteiger partial charge >= 0.3 is 5.97 Å². The number of carbonyl (C=O) groups excluding carboxylic acids is 2. The van der Waals surface area contributed by atoms with Gasteiger partial charge in [-0.1, -0.05) is 345 Å². The van der Waals surface area contributed by atoms with Gasteiger partial charge in [0.15, 0.2) is 0 Å². The van der Waals surface area contributed by atoms with Crippen LogP contribution >= 0.6 is 0 Å². The van der Waals surface area contributed by atoms with E-state index < -0.39 is 12.1 Å². The number of hydrogen-bond donors (Lipinski definition) is 3. The Balaban J connectivity index is 3.41. The van der Waals surface area contributed by atoms with Crippen LogP contribution in [0, 0.1) is 0 Å². The second-order valence-electron chi connectivity index (χ2n) is 24.9. The standard InChI is InChI=1S/C75H141NO5/c1-3-5-7-9-11-13-15-17-18-19-20-21-31-34-37-40-44-47-51-55-59-63-67-73(78)72(71-77)76-74(79)68-64-60-56-52-48-45-41-38-35-32-29-27-25-23-22-24-26-28-30-33-36-39-42-46-50-54-58-62-66-70-81-75(80)69-65-61-57-53-49-43-16-14-12-10-8-6-4-2/h8,10,14,16,22,24,28,30,72-73,77-78H,3-7,9,11-13,15,17-21,23,25-27,29,31-71H2,1-2H3,(H,76,79)/b10-8-,16-14-,24-22-,30-28-. The van der Waals surface area contributed by atoms with Gasteiger partial charge in [-0.25, -0.2) is 0 Å². The number of aliphatic hydroxyl groups is 2. The largest absolute Gasteiger partial charge is 0.466 e. The molecule has 6 nitrogen and oxygen atoms in total. The van der Waals surface area contributed by atoms with E-state index in [1.807, 2.05) is 0 Å². The second kappa shape index (κ2) is 70.3. The number of rotatable bonds is 68. The SMILES string of the molecule is CCC/C=C\C/C=C\CCCCCCCC(=O)OCCCCCCCCCCC/C=C\C/C=C\CCCCCCCCCCCCCCCC(=O)NC(CO)C(O)CCCCCCCCCCCCCCCCCCCCCCCC. The van der Waals surface area contributed by atoms with Crippen molar-refractivity contribution >= 4 is 11.9 Å². The lowest BCUT2D eigenvalue weighted by molar-refractivity contribution is -0.143. The van der Waals surface area contributed by atoms with Crippen molar-refractivity contribution in [1.29, 1.82) is 0 Å². The zero-order valence-corrected chi connectivity index (χ0v) is 54.5. The molecule has 0 aromatic rings. The molecule has 0 saturated carbocycles. The number of aliphatic hydroxyl groups excluding tert-OH is 2. The number of allylic oxidation sites excluding steroid dienone is 8. The van der Waals surface area contributed by atoms with Gasteiger partial charge < -0.3 is 20.3 Å². The van der Waals surface area contributed by atoms with Crippen LogP contribution < -0.4 is 5.32 Å². The van der Waals surface area contributed by atoms with Crippen molar-refractivity contribution in [3.8, 4) is 0 Å². The van der Waals surface area contributed by atoms with Gasteiger partial charge in [-0.15, -0.1) is 0 Å². The highest BCUT2D eigenvalue weighted by molar-refractivity contribution is 5.76.